The second kappa shape index (κ2) is 44.8. The number of thiocarbonyl (C=S) groups is 1. The quantitative estimate of drug-likeness (QED) is 0.139. The monoisotopic (exact) mass is 720 g/mol. The Morgan fingerprint density at radius 1 is 0.458 bits per heavy atom. The largest absolute Gasteiger partial charge is 0.507 e. The molecule has 0 aliphatic carbocycles. The van der Waals surface area contributed by atoms with Gasteiger partial charge in [0.25, 0.3) is 0 Å². The summed E-state index contributed by atoms with van der Waals surface area (Å²) in [6, 6.07) is 1.15. The zero-order valence-corrected chi connectivity index (χ0v) is 32.9. The van der Waals surface area contributed by atoms with Crippen LogP contribution >= 0.6 is 12.2 Å². The van der Waals surface area contributed by atoms with Crippen LogP contribution in [-0.4, -0.2) is 122 Å². The van der Waals surface area contributed by atoms with Gasteiger partial charge < -0.3 is 60.3 Å². The standard InChI is InChI=1S/C7H16N2O.C7H16N2S.2C3H7NO2.C3H6O3.2C3H6O2/c2*1-5(2)8-7(10)9-6(3)4;2*1-4-3(5)6-2;1-5-3(4)6-2;2*1-3(4)5-2/h2*5-6H,1-4H3,(H2,8,9,10);2*1-2H3,(H,4,5);1-2H3;2*1-2H3. The number of amides is 4. The number of nitrogens with one attached hydrogen (secondary N) is 6. The van der Waals surface area contributed by atoms with Crippen molar-refractivity contribution in [1.82, 2.24) is 31.9 Å². The highest BCUT2D eigenvalue weighted by Gasteiger charge is 2.02. The summed E-state index contributed by atoms with van der Waals surface area (Å²) < 4.78 is 24.6. The fourth-order valence-electron chi connectivity index (χ4n) is 1.42. The van der Waals surface area contributed by atoms with E-state index in [2.05, 4.69) is 88.0 Å². The lowest BCUT2D eigenvalue weighted by atomic mass is 10.4. The van der Waals surface area contributed by atoms with E-state index in [0.717, 1.165) is 5.11 Å². The third-order valence-electron chi connectivity index (χ3n) is 3.37. The maximum Gasteiger partial charge on any atom is 0.507 e. The van der Waals surface area contributed by atoms with Crippen LogP contribution in [0.1, 0.15) is 69.2 Å². The number of hydrogen-bond donors (Lipinski definition) is 6. The van der Waals surface area contributed by atoms with Gasteiger partial charge in [-0.3, -0.25) is 9.59 Å². The lowest BCUT2D eigenvalue weighted by Crippen LogP contribution is -2.42. The van der Waals surface area contributed by atoms with Crippen molar-refractivity contribution in [1.29, 1.82) is 0 Å². The highest BCUT2D eigenvalue weighted by molar-refractivity contribution is 7.80. The predicted octanol–water partition coefficient (Wildman–Crippen LogP) is 3.07. The summed E-state index contributed by atoms with van der Waals surface area (Å²) in [5.41, 5.74) is 0. The highest BCUT2D eigenvalue weighted by atomic mass is 32.1. The number of hydrogen-bond acceptors (Lipinski definition) is 13. The minimum atomic E-state index is -0.657. The number of alkyl carbamates (subject to hydrolysis) is 2. The average Bonchev–Trinajstić information content (AvgIpc) is 2.99. The van der Waals surface area contributed by atoms with Gasteiger partial charge in [0.15, 0.2) is 5.11 Å². The smallest absolute Gasteiger partial charge is 0.469 e. The van der Waals surface area contributed by atoms with Gasteiger partial charge in [-0.25, -0.2) is 19.2 Å². The molecule has 0 aliphatic rings. The summed E-state index contributed by atoms with van der Waals surface area (Å²) in [4.78, 5) is 59.5. The summed E-state index contributed by atoms with van der Waals surface area (Å²) in [6.45, 7) is 18.7. The van der Waals surface area contributed by atoms with Gasteiger partial charge in [0.2, 0.25) is 0 Å². The van der Waals surface area contributed by atoms with Crippen molar-refractivity contribution >= 4 is 53.6 Å². The number of urea groups is 1. The topological polar surface area (TPSA) is 230 Å². The first-order chi connectivity index (χ1) is 22.0. The van der Waals surface area contributed by atoms with E-state index in [4.69, 9.17) is 12.2 Å². The molecule has 0 aromatic heterocycles. The zero-order valence-electron chi connectivity index (χ0n) is 32.1. The molecule has 18 nitrogen and oxygen atoms in total. The second-order valence-electron chi connectivity index (χ2n) is 9.39. The van der Waals surface area contributed by atoms with Crippen LogP contribution in [-0.2, 0) is 38.0 Å². The molecular weight excluding hydrogens is 656 g/mol. The minimum Gasteiger partial charge on any atom is -0.469 e. The van der Waals surface area contributed by atoms with Crippen LogP contribution in [0.2, 0.25) is 0 Å². The molecule has 0 radical (unpaired) electrons. The number of rotatable bonds is 4. The summed E-state index contributed by atoms with van der Waals surface area (Å²) >= 11 is 4.98. The van der Waals surface area contributed by atoms with Crippen molar-refractivity contribution in [3.63, 3.8) is 0 Å². The molecule has 0 spiro atoms. The average molecular weight is 721 g/mol. The molecule has 4 amide bonds. The van der Waals surface area contributed by atoms with Crippen molar-refractivity contribution in [3.05, 3.63) is 0 Å². The Kier molecular flexibility index (Phi) is 55.3. The van der Waals surface area contributed by atoms with Gasteiger partial charge in [0.1, 0.15) is 0 Å². The van der Waals surface area contributed by atoms with E-state index in [1.54, 1.807) is 0 Å². The molecule has 0 atom stereocenters. The molecule has 0 rings (SSSR count). The van der Waals surface area contributed by atoms with Gasteiger partial charge in [0.05, 0.1) is 42.7 Å². The minimum absolute atomic E-state index is 0.0926. The van der Waals surface area contributed by atoms with Crippen molar-refractivity contribution < 1.29 is 57.2 Å². The summed E-state index contributed by atoms with van der Waals surface area (Å²) in [7, 11) is 10.9. The molecule has 0 aromatic carbocycles. The Balaban J connectivity index is -0.0000000834. The number of esters is 2. The Bertz CT molecular complexity index is 708. The van der Waals surface area contributed by atoms with E-state index in [-0.39, 0.29) is 30.1 Å². The fraction of sp³-hybridized carbons (Fsp3) is 0.759. The Morgan fingerprint density at radius 2 is 0.688 bits per heavy atom. The van der Waals surface area contributed by atoms with Crippen LogP contribution in [0.5, 0.6) is 0 Å². The SMILES string of the molecule is CC(C)NC(=O)NC(C)C.CC(C)NC(=S)NC(C)C.CNC(=O)OC.CNC(=O)OC.COC(=O)OC.COC(C)=O.COC(C)=O. The van der Waals surface area contributed by atoms with Gasteiger partial charge >= 0.3 is 36.3 Å². The number of methoxy groups -OCH3 is 6. The summed E-state index contributed by atoms with van der Waals surface area (Å²) in [5, 5.41) is 16.9. The lowest BCUT2D eigenvalue weighted by molar-refractivity contribution is -0.138. The Morgan fingerprint density at radius 3 is 0.771 bits per heavy atom. The molecular formula is C29H64N6O12S. The Labute approximate surface area is 292 Å². The zero-order chi connectivity index (χ0) is 39.8. The van der Waals surface area contributed by atoms with Crippen molar-refractivity contribution in [2.75, 3.05) is 56.8 Å². The normalized spacial score (nSPS) is 8.29. The second-order valence-corrected chi connectivity index (χ2v) is 9.80. The molecule has 48 heavy (non-hydrogen) atoms. The van der Waals surface area contributed by atoms with Crippen LogP contribution in [0.15, 0.2) is 0 Å². The highest BCUT2D eigenvalue weighted by Crippen LogP contribution is 1.81. The maximum absolute atomic E-state index is 10.8. The van der Waals surface area contributed by atoms with Gasteiger partial charge in [-0.05, 0) is 67.6 Å². The van der Waals surface area contributed by atoms with Crippen molar-refractivity contribution in [2.45, 2.75) is 93.4 Å². The number of ether oxygens (including phenoxy) is 6. The fourth-order valence-corrected chi connectivity index (χ4v) is 1.89. The van der Waals surface area contributed by atoms with Crippen LogP contribution in [0, 0.1) is 0 Å². The van der Waals surface area contributed by atoms with E-state index in [1.807, 2.05) is 27.7 Å². The van der Waals surface area contributed by atoms with E-state index in [1.165, 1.54) is 70.6 Å². The van der Waals surface area contributed by atoms with E-state index in [0.29, 0.717) is 12.1 Å². The van der Waals surface area contributed by atoms with Crippen LogP contribution in [0.25, 0.3) is 0 Å². The van der Waals surface area contributed by atoms with Gasteiger partial charge in [-0.2, -0.15) is 0 Å². The number of carbonyl (C=O) groups excluding carboxylic acids is 6. The Hall–Kier alpha value is -4.29. The first-order valence-electron chi connectivity index (χ1n) is 14.4. The molecule has 0 heterocycles. The van der Waals surface area contributed by atoms with Crippen molar-refractivity contribution in [2.24, 2.45) is 0 Å². The molecule has 0 saturated heterocycles. The summed E-state index contributed by atoms with van der Waals surface area (Å²) in [6.07, 6.45) is -1.47. The van der Waals surface area contributed by atoms with Crippen LogP contribution in [0.4, 0.5) is 19.2 Å². The third-order valence-corrected chi connectivity index (χ3v) is 3.60. The molecule has 0 saturated carbocycles. The van der Waals surface area contributed by atoms with Gasteiger partial charge in [0, 0.05) is 52.1 Å². The van der Waals surface area contributed by atoms with Crippen molar-refractivity contribution in [3.8, 4) is 0 Å². The molecule has 0 bridgehead atoms. The first-order valence-corrected chi connectivity index (χ1v) is 14.8. The first kappa shape index (κ1) is 59.2. The van der Waals surface area contributed by atoms with Gasteiger partial charge in [-0.15, -0.1) is 0 Å². The predicted molar refractivity (Wildman–Crippen MR) is 189 cm³/mol. The third kappa shape index (κ3) is 90.0. The molecule has 0 aliphatic heterocycles. The molecule has 0 fully saturated rings. The lowest BCUT2D eigenvalue weighted by Gasteiger charge is -2.14. The molecule has 0 unspecified atom stereocenters. The molecule has 6 N–H and O–H groups in total. The summed E-state index contributed by atoms with van der Waals surface area (Å²) in [5.74, 6) is -0.491. The molecule has 0 aromatic rings. The van der Waals surface area contributed by atoms with E-state index in [9.17, 15) is 28.8 Å². The van der Waals surface area contributed by atoms with Gasteiger partial charge in [-0.1, -0.05) is 0 Å². The van der Waals surface area contributed by atoms with E-state index < -0.39 is 18.3 Å². The van der Waals surface area contributed by atoms with Crippen LogP contribution in [0.3, 0.4) is 0 Å². The van der Waals surface area contributed by atoms with Crippen LogP contribution < -0.4 is 31.9 Å². The maximum atomic E-state index is 10.8. The van der Waals surface area contributed by atoms with E-state index >= 15 is 0 Å². The molecule has 19 heteroatoms. The number of carbonyl (C=O) groups is 6. The molecule has 288 valence electrons.